The van der Waals surface area contributed by atoms with Gasteiger partial charge in [0.15, 0.2) is 5.76 Å². The highest BCUT2D eigenvalue weighted by atomic mass is 16.4. The molecule has 6 heteroatoms. The zero-order valence-corrected chi connectivity index (χ0v) is 22.8. The van der Waals surface area contributed by atoms with Crippen molar-refractivity contribution in [3.63, 3.8) is 0 Å². The van der Waals surface area contributed by atoms with Gasteiger partial charge in [0.1, 0.15) is 11.6 Å². The molecule has 1 N–H and O–H groups in total. The second-order valence-corrected chi connectivity index (χ2v) is 11.8. The molecule has 1 aliphatic carbocycles. The summed E-state index contributed by atoms with van der Waals surface area (Å²) in [5.74, 6) is 0.770. The van der Waals surface area contributed by atoms with E-state index < -0.39 is 5.91 Å². The summed E-state index contributed by atoms with van der Waals surface area (Å²) in [6, 6.07) is 13.7. The van der Waals surface area contributed by atoms with Gasteiger partial charge in [-0.1, -0.05) is 51.5 Å². The standard InChI is InChI=1S/C31H35N3O3/c1-18-8-10-26-23(14-18)29(36)34(20(3)32-26)33-28(35)27-11-9-22(37-27)16-21-17-25-24(15-19(21)2)30(4,5)12-13-31(25,6)7/h8-11,14-15,17H,12-13,16H2,1-7H3,(H,33,35). The average Bonchev–Trinajstić information content (AvgIpc) is 3.30. The molecule has 1 aliphatic rings. The van der Waals surface area contributed by atoms with Gasteiger partial charge >= 0.3 is 5.91 Å². The number of rotatable bonds is 4. The number of nitrogens with one attached hydrogen (secondary N) is 1. The first-order valence-electron chi connectivity index (χ1n) is 12.9. The largest absolute Gasteiger partial charge is 0.456 e. The van der Waals surface area contributed by atoms with E-state index in [-0.39, 0.29) is 22.1 Å². The van der Waals surface area contributed by atoms with Crippen LogP contribution < -0.4 is 11.0 Å². The van der Waals surface area contributed by atoms with Crippen molar-refractivity contribution in [3.8, 4) is 0 Å². The van der Waals surface area contributed by atoms with Gasteiger partial charge < -0.3 is 4.42 Å². The second-order valence-electron chi connectivity index (χ2n) is 11.8. The van der Waals surface area contributed by atoms with Crippen molar-refractivity contribution in [1.29, 1.82) is 0 Å². The number of fused-ring (bicyclic) bond motifs is 2. The van der Waals surface area contributed by atoms with E-state index in [1.165, 1.54) is 33.4 Å². The highest BCUT2D eigenvalue weighted by Crippen LogP contribution is 2.46. The summed E-state index contributed by atoms with van der Waals surface area (Å²) in [5.41, 5.74) is 9.46. The maximum atomic E-state index is 13.0. The molecule has 37 heavy (non-hydrogen) atoms. The molecular weight excluding hydrogens is 462 g/mol. The predicted octanol–water partition coefficient (Wildman–Crippen LogP) is 6.24. The second kappa shape index (κ2) is 8.72. The number of aryl methyl sites for hydroxylation is 3. The number of hydrogen-bond acceptors (Lipinski definition) is 4. The summed E-state index contributed by atoms with van der Waals surface area (Å²) in [4.78, 5) is 30.5. The van der Waals surface area contributed by atoms with Gasteiger partial charge in [-0.25, -0.2) is 9.66 Å². The van der Waals surface area contributed by atoms with Crippen LogP contribution in [0.3, 0.4) is 0 Å². The third-order valence-corrected chi connectivity index (χ3v) is 7.96. The number of amides is 1. The Bertz CT molecular complexity index is 1600. The number of aromatic nitrogens is 2. The molecule has 6 nitrogen and oxygen atoms in total. The summed E-state index contributed by atoms with van der Waals surface area (Å²) in [5, 5.41) is 0.458. The molecule has 0 radical (unpaired) electrons. The van der Waals surface area contributed by atoms with Crippen LogP contribution in [0.25, 0.3) is 10.9 Å². The molecule has 2 aromatic heterocycles. The zero-order valence-electron chi connectivity index (χ0n) is 22.8. The third-order valence-electron chi connectivity index (χ3n) is 7.96. The number of carbonyl (C=O) groups is 1. The molecule has 192 valence electrons. The van der Waals surface area contributed by atoms with Crippen LogP contribution in [0, 0.1) is 20.8 Å². The van der Waals surface area contributed by atoms with E-state index in [1.54, 1.807) is 19.1 Å². The summed E-state index contributed by atoms with van der Waals surface area (Å²) >= 11 is 0. The molecule has 0 atom stereocenters. The van der Waals surface area contributed by atoms with E-state index in [2.05, 4.69) is 57.2 Å². The minimum Gasteiger partial charge on any atom is -0.456 e. The lowest BCUT2D eigenvalue weighted by Gasteiger charge is -2.42. The Morgan fingerprint density at radius 3 is 2.35 bits per heavy atom. The quantitative estimate of drug-likeness (QED) is 0.362. The van der Waals surface area contributed by atoms with Gasteiger partial charge in [0.2, 0.25) is 0 Å². The Kier molecular flexibility index (Phi) is 5.89. The fourth-order valence-corrected chi connectivity index (χ4v) is 5.44. The monoisotopic (exact) mass is 497 g/mol. The fourth-order valence-electron chi connectivity index (χ4n) is 5.44. The molecule has 0 bridgehead atoms. The summed E-state index contributed by atoms with van der Waals surface area (Å²) in [6.45, 7) is 15.1. The van der Waals surface area contributed by atoms with Crippen LogP contribution in [0.2, 0.25) is 0 Å². The Morgan fingerprint density at radius 2 is 1.65 bits per heavy atom. The first kappa shape index (κ1) is 25.0. The Morgan fingerprint density at radius 1 is 0.973 bits per heavy atom. The molecule has 0 saturated heterocycles. The molecular formula is C31H35N3O3. The summed E-state index contributed by atoms with van der Waals surface area (Å²) in [7, 11) is 0. The van der Waals surface area contributed by atoms with Crippen LogP contribution in [-0.4, -0.2) is 15.6 Å². The molecule has 0 unspecified atom stereocenters. The zero-order chi connectivity index (χ0) is 26.7. The molecule has 0 spiro atoms. The van der Waals surface area contributed by atoms with Crippen LogP contribution in [0.1, 0.15) is 90.5 Å². The highest BCUT2D eigenvalue weighted by molar-refractivity contribution is 5.97. The van der Waals surface area contributed by atoms with Crippen molar-refractivity contribution in [2.45, 2.75) is 78.6 Å². The van der Waals surface area contributed by atoms with E-state index in [9.17, 15) is 9.59 Å². The van der Waals surface area contributed by atoms with Gasteiger partial charge in [0, 0.05) is 6.42 Å². The molecule has 2 aromatic carbocycles. The summed E-state index contributed by atoms with van der Waals surface area (Å²) < 4.78 is 7.14. The predicted molar refractivity (Wildman–Crippen MR) is 147 cm³/mol. The Hall–Kier alpha value is -3.67. The first-order valence-corrected chi connectivity index (χ1v) is 12.9. The van der Waals surface area contributed by atoms with Gasteiger partial charge in [-0.05, 0) is 91.0 Å². The van der Waals surface area contributed by atoms with Crippen LogP contribution in [-0.2, 0) is 17.3 Å². The van der Waals surface area contributed by atoms with E-state index in [1.807, 2.05) is 25.1 Å². The SMILES string of the molecule is Cc1ccc2nc(C)n(NC(=O)c3ccc(Cc4cc5c(cc4C)C(C)(C)CCC5(C)C)o3)c(=O)c2c1. The van der Waals surface area contributed by atoms with Crippen molar-refractivity contribution in [3.05, 3.63) is 98.0 Å². The number of carbonyl (C=O) groups excluding carboxylic acids is 1. The molecule has 0 fully saturated rings. The number of hydrogen-bond donors (Lipinski definition) is 1. The van der Waals surface area contributed by atoms with Crippen LogP contribution in [0.4, 0.5) is 0 Å². The molecule has 2 heterocycles. The van der Waals surface area contributed by atoms with Gasteiger partial charge in [0.05, 0.1) is 10.9 Å². The van der Waals surface area contributed by atoms with Crippen LogP contribution in [0.15, 0.2) is 51.7 Å². The number of benzene rings is 2. The average molecular weight is 498 g/mol. The van der Waals surface area contributed by atoms with E-state index in [0.29, 0.717) is 28.9 Å². The van der Waals surface area contributed by atoms with Crippen molar-refractivity contribution >= 4 is 16.8 Å². The molecule has 5 rings (SSSR count). The number of furan rings is 1. The maximum absolute atomic E-state index is 13.0. The lowest BCUT2D eigenvalue weighted by Crippen LogP contribution is -2.35. The maximum Gasteiger partial charge on any atom is 0.305 e. The van der Waals surface area contributed by atoms with Crippen molar-refractivity contribution in [2.24, 2.45) is 0 Å². The Labute approximate surface area is 217 Å². The minimum atomic E-state index is -0.490. The summed E-state index contributed by atoms with van der Waals surface area (Å²) in [6.07, 6.45) is 2.93. The smallest absolute Gasteiger partial charge is 0.305 e. The molecule has 0 aliphatic heterocycles. The Balaban J connectivity index is 1.41. The van der Waals surface area contributed by atoms with Gasteiger partial charge in [-0.15, -0.1) is 0 Å². The number of nitrogens with zero attached hydrogens (tertiary/aromatic N) is 2. The normalized spacial score (nSPS) is 16.0. The van der Waals surface area contributed by atoms with Crippen molar-refractivity contribution in [2.75, 3.05) is 5.43 Å². The minimum absolute atomic E-state index is 0.124. The van der Waals surface area contributed by atoms with Crippen LogP contribution in [0.5, 0.6) is 0 Å². The van der Waals surface area contributed by atoms with Gasteiger partial charge in [0.25, 0.3) is 5.56 Å². The van der Waals surface area contributed by atoms with Crippen molar-refractivity contribution < 1.29 is 9.21 Å². The van der Waals surface area contributed by atoms with Crippen molar-refractivity contribution in [1.82, 2.24) is 9.66 Å². The third kappa shape index (κ3) is 4.50. The lowest BCUT2D eigenvalue weighted by atomic mass is 9.62. The van der Waals surface area contributed by atoms with Gasteiger partial charge in [-0.2, -0.15) is 0 Å². The van der Waals surface area contributed by atoms with Gasteiger partial charge in [-0.3, -0.25) is 15.0 Å². The molecule has 4 aromatic rings. The van der Waals surface area contributed by atoms with E-state index in [4.69, 9.17) is 4.42 Å². The molecule has 1 amide bonds. The topological polar surface area (TPSA) is 77.1 Å². The first-order chi connectivity index (χ1) is 17.4. The van der Waals surface area contributed by atoms with Crippen LogP contribution >= 0.6 is 0 Å². The lowest BCUT2D eigenvalue weighted by molar-refractivity contribution is 0.0978. The molecule has 0 saturated carbocycles. The van der Waals surface area contributed by atoms with E-state index >= 15 is 0 Å². The highest BCUT2D eigenvalue weighted by Gasteiger charge is 2.37. The fraction of sp³-hybridized carbons (Fsp3) is 0.387. The van der Waals surface area contributed by atoms with E-state index in [0.717, 1.165) is 12.0 Å².